The zero-order valence-corrected chi connectivity index (χ0v) is 13.4. The van der Waals surface area contributed by atoms with Gasteiger partial charge in [0.1, 0.15) is 5.75 Å². The maximum Gasteiger partial charge on any atom is 0.311 e. The first-order valence-electron chi connectivity index (χ1n) is 7.64. The van der Waals surface area contributed by atoms with E-state index in [0.717, 1.165) is 18.5 Å². The Balaban J connectivity index is 0.00000176. The molecule has 22 heavy (non-hydrogen) atoms. The summed E-state index contributed by atoms with van der Waals surface area (Å²) in [5.74, 6) is 0.715. The van der Waals surface area contributed by atoms with Crippen LogP contribution in [-0.4, -0.2) is 42.2 Å². The summed E-state index contributed by atoms with van der Waals surface area (Å²) >= 11 is 0. The highest BCUT2D eigenvalue weighted by atomic mass is 35.5. The van der Waals surface area contributed by atoms with Crippen molar-refractivity contribution in [2.45, 2.75) is 32.1 Å². The number of phenolic OH excluding ortho intramolecular Hbond substituents is 1. The number of aryl methyl sites for hydroxylation is 1. The Bertz CT molecular complexity index is 529. The van der Waals surface area contributed by atoms with E-state index in [4.69, 9.17) is 9.47 Å². The molecule has 0 bridgehead atoms. The minimum atomic E-state index is -0.249. The van der Waals surface area contributed by atoms with Crippen LogP contribution < -0.4 is 9.47 Å². The Hall–Kier alpha value is -1.46. The molecule has 2 aliphatic heterocycles. The smallest absolute Gasteiger partial charge is 0.311 e. The highest BCUT2D eigenvalue weighted by molar-refractivity contribution is 5.85. The number of rotatable bonds is 5. The number of benzene rings is 1. The van der Waals surface area contributed by atoms with E-state index >= 15 is 0 Å². The molecule has 1 saturated heterocycles. The number of carbonyl (C=O) groups excluding carboxylic acids is 1. The van der Waals surface area contributed by atoms with Gasteiger partial charge in [0, 0.05) is 12.6 Å². The van der Waals surface area contributed by atoms with Crippen LogP contribution in [0.4, 0.5) is 0 Å². The second-order valence-corrected chi connectivity index (χ2v) is 5.65. The number of esters is 1. The third-order valence-electron chi connectivity index (χ3n) is 4.04. The molecule has 0 unspecified atom stereocenters. The van der Waals surface area contributed by atoms with E-state index in [9.17, 15) is 9.90 Å². The Kier molecular flexibility index (Phi) is 5.91. The van der Waals surface area contributed by atoms with Crippen LogP contribution in [0.5, 0.6) is 17.2 Å². The molecule has 1 aromatic rings. The first-order chi connectivity index (χ1) is 10.2. The monoisotopic (exact) mass is 327 g/mol. The van der Waals surface area contributed by atoms with Crippen molar-refractivity contribution in [2.75, 3.05) is 26.2 Å². The number of ether oxygens (including phenoxy) is 2. The maximum atomic E-state index is 11.2. The highest BCUT2D eigenvalue weighted by Gasteiger charge is 2.20. The molecule has 5 nitrogen and oxygen atoms in total. The van der Waals surface area contributed by atoms with Gasteiger partial charge in [0.25, 0.3) is 0 Å². The van der Waals surface area contributed by atoms with Crippen molar-refractivity contribution in [1.82, 2.24) is 4.90 Å². The Morgan fingerprint density at radius 2 is 2.00 bits per heavy atom. The highest BCUT2D eigenvalue weighted by Crippen LogP contribution is 2.36. The minimum absolute atomic E-state index is 0. The van der Waals surface area contributed by atoms with Crippen molar-refractivity contribution in [1.29, 1.82) is 0 Å². The quantitative estimate of drug-likeness (QED) is 0.511. The number of fused-ring (bicyclic) bond motifs is 1. The number of phenols is 1. The van der Waals surface area contributed by atoms with Crippen molar-refractivity contribution >= 4 is 18.4 Å². The summed E-state index contributed by atoms with van der Waals surface area (Å²) in [5, 5.41) is 9.94. The van der Waals surface area contributed by atoms with Gasteiger partial charge in [-0.1, -0.05) is 0 Å². The van der Waals surface area contributed by atoms with Crippen molar-refractivity contribution in [3.63, 3.8) is 0 Å². The lowest BCUT2D eigenvalue weighted by Gasteiger charge is -2.18. The zero-order valence-electron chi connectivity index (χ0n) is 12.5. The lowest BCUT2D eigenvalue weighted by molar-refractivity contribution is -0.135. The SMILES string of the molecule is Cl.O=C1CCc2cc(OCCCN3CCCC3)c(O)cc2O1. The maximum absolute atomic E-state index is 11.2. The van der Waals surface area contributed by atoms with Crippen LogP contribution in [0.15, 0.2) is 12.1 Å². The Morgan fingerprint density at radius 1 is 1.23 bits per heavy atom. The summed E-state index contributed by atoms with van der Waals surface area (Å²) in [7, 11) is 0. The summed E-state index contributed by atoms with van der Waals surface area (Å²) in [5.41, 5.74) is 0.918. The molecular formula is C16H22ClNO4. The molecule has 122 valence electrons. The van der Waals surface area contributed by atoms with Crippen molar-refractivity contribution in [3.05, 3.63) is 17.7 Å². The van der Waals surface area contributed by atoms with Crippen molar-refractivity contribution < 1.29 is 19.4 Å². The molecule has 3 rings (SSSR count). The van der Waals surface area contributed by atoms with E-state index in [-0.39, 0.29) is 24.1 Å². The molecule has 0 saturated carbocycles. The third kappa shape index (κ3) is 4.05. The average molecular weight is 328 g/mol. The lowest BCUT2D eigenvalue weighted by atomic mass is 10.1. The molecule has 1 fully saturated rings. The molecule has 0 aromatic heterocycles. The summed E-state index contributed by atoms with van der Waals surface area (Å²) in [6, 6.07) is 3.26. The van der Waals surface area contributed by atoms with Gasteiger partial charge in [-0.2, -0.15) is 0 Å². The van der Waals surface area contributed by atoms with Crippen LogP contribution in [0, 0.1) is 0 Å². The molecule has 0 amide bonds. The Morgan fingerprint density at radius 3 is 2.77 bits per heavy atom. The fourth-order valence-electron chi connectivity index (χ4n) is 2.88. The fourth-order valence-corrected chi connectivity index (χ4v) is 2.88. The predicted molar refractivity (Wildman–Crippen MR) is 85.1 cm³/mol. The molecule has 0 radical (unpaired) electrons. The lowest BCUT2D eigenvalue weighted by Crippen LogP contribution is -2.22. The average Bonchev–Trinajstić information content (AvgIpc) is 2.97. The second kappa shape index (κ2) is 7.70. The van der Waals surface area contributed by atoms with Crippen LogP contribution in [0.1, 0.15) is 31.2 Å². The van der Waals surface area contributed by atoms with Crippen LogP contribution in [-0.2, 0) is 11.2 Å². The number of aromatic hydroxyl groups is 1. The summed E-state index contributed by atoms with van der Waals surface area (Å²) < 4.78 is 10.8. The van der Waals surface area contributed by atoms with E-state index in [1.165, 1.54) is 32.0 Å². The number of halogens is 1. The summed E-state index contributed by atoms with van der Waals surface area (Å²) in [6.07, 6.45) is 4.56. The Labute approximate surface area is 136 Å². The number of carbonyl (C=O) groups is 1. The van der Waals surface area contributed by atoms with Gasteiger partial charge >= 0.3 is 5.97 Å². The van der Waals surface area contributed by atoms with E-state index in [2.05, 4.69) is 4.90 Å². The summed E-state index contributed by atoms with van der Waals surface area (Å²) in [6.45, 7) is 4.01. The number of likely N-dealkylation sites (tertiary alicyclic amines) is 1. The van der Waals surface area contributed by atoms with E-state index in [1.807, 2.05) is 0 Å². The van der Waals surface area contributed by atoms with Crippen LogP contribution in [0.25, 0.3) is 0 Å². The van der Waals surface area contributed by atoms with Gasteiger partial charge in [0.15, 0.2) is 11.5 Å². The molecular weight excluding hydrogens is 306 g/mol. The van der Waals surface area contributed by atoms with Crippen molar-refractivity contribution in [3.8, 4) is 17.2 Å². The van der Waals surface area contributed by atoms with E-state index in [1.54, 1.807) is 6.07 Å². The van der Waals surface area contributed by atoms with Gasteiger partial charge < -0.3 is 19.5 Å². The summed E-state index contributed by atoms with van der Waals surface area (Å²) in [4.78, 5) is 13.7. The number of nitrogens with zero attached hydrogens (tertiary/aromatic N) is 1. The minimum Gasteiger partial charge on any atom is -0.504 e. The van der Waals surface area contributed by atoms with Crippen LogP contribution >= 0.6 is 12.4 Å². The standard InChI is InChI=1S/C16H21NO4.ClH/c18-13-11-14-12(4-5-16(19)21-14)10-15(13)20-9-3-8-17-6-1-2-7-17;/h10-11,18H,1-9H2;1H. The van der Waals surface area contributed by atoms with Gasteiger partial charge in [0.05, 0.1) is 13.0 Å². The van der Waals surface area contributed by atoms with E-state index in [0.29, 0.717) is 30.9 Å². The molecule has 6 heteroatoms. The second-order valence-electron chi connectivity index (χ2n) is 5.65. The zero-order chi connectivity index (χ0) is 14.7. The molecule has 2 aliphatic rings. The first kappa shape index (κ1) is 16.9. The molecule has 0 aliphatic carbocycles. The van der Waals surface area contributed by atoms with Crippen LogP contribution in [0.3, 0.4) is 0 Å². The normalized spacial score (nSPS) is 17.5. The van der Waals surface area contributed by atoms with E-state index < -0.39 is 0 Å². The molecule has 0 spiro atoms. The van der Waals surface area contributed by atoms with Gasteiger partial charge in [-0.3, -0.25) is 4.79 Å². The van der Waals surface area contributed by atoms with Crippen LogP contribution in [0.2, 0.25) is 0 Å². The molecule has 2 heterocycles. The van der Waals surface area contributed by atoms with Gasteiger partial charge in [-0.25, -0.2) is 0 Å². The van der Waals surface area contributed by atoms with Gasteiger partial charge in [-0.15, -0.1) is 12.4 Å². The van der Waals surface area contributed by atoms with Gasteiger partial charge in [0.2, 0.25) is 0 Å². The fraction of sp³-hybridized carbons (Fsp3) is 0.562. The largest absolute Gasteiger partial charge is 0.504 e. The number of hydrogen-bond acceptors (Lipinski definition) is 5. The topological polar surface area (TPSA) is 59.0 Å². The predicted octanol–water partition coefficient (Wildman–Crippen LogP) is 2.53. The molecule has 0 atom stereocenters. The third-order valence-corrected chi connectivity index (χ3v) is 4.04. The first-order valence-corrected chi connectivity index (χ1v) is 7.64. The van der Waals surface area contributed by atoms with Crippen molar-refractivity contribution in [2.24, 2.45) is 0 Å². The van der Waals surface area contributed by atoms with Gasteiger partial charge in [-0.05, 0) is 50.4 Å². The number of hydrogen-bond donors (Lipinski definition) is 1. The molecule has 1 N–H and O–H groups in total. The molecule has 1 aromatic carbocycles.